The van der Waals surface area contributed by atoms with Gasteiger partial charge < -0.3 is 10.2 Å². The fourth-order valence-corrected chi connectivity index (χ4v) is 4.85. The number of amides is 2. The number of carbonyl (C=O) groups is 2. The van der Waals surface area contributed by atoms with Crippen molar-refractivity contribution in [2.75, 3.05) is 0 Å². The molecule has 172 valence electrons. The SMILES string of the molecule is CCC(C(=O)NC1CCCC1)N(Cc1c(Cl)cccc1Cl)C(=O)Cc1ccc(C)c(C)c1. The first-order valence-corrected chi connectivity index (χ1v) is 12.1. The Balaban J connectivity index is 1.88. The number of hydrogen-bond acceptors (Lipinski definition) is 2. The van der Waals surface area contributed by atoms with Gasteiger partial charge in [0.1, 0.15) is 6.04 Å². The summed E-state index contributed by atoms with van der Waals surface area (Å²) in [4.78, 5) is 28.4. The molecule has 1 saturated carbocycles. The van der Waals surface area contributed by atoms with E-state index in [0.29, 0.717) is 22.0 Å². The molecule has 1 atom stereocenters. The van der Waals surface area contributed by atoms with E-state index in [-0.39, 0.29) is 30.8 Å². The fraction of sp³-hybridized carbons (Fsp3) is 0.462. The van der Waals surface area contributed by atoms with Crippen molar-refractivity contribution in [2.45, 2.75) is 77.9 Å². The van der Waals surface area contributed by atoms with Gasteiger partial charge in [0.05, 0.1) is 6.42 Å². The molecule has 1 N–H and O–H groups in total. The van der Waals surface area contributed by atoms with Gasteiger partial charge >= 0.3 is 0 Å². The zero-order valence-corrected chi connectivity index (χ0v) is 20.6. The normalized spacial score (nSPS) is 14.9. The average Bonchev–Trinajstić information content (AvgIpc) is 3.25. The van der Waals surface area contributed by atoms with Gasteiger partial charge in [-0.3, -0.25) is 9.59 Å². The molecule has 4 nitrogen and oxygen atoms in total. The largest absolute Gasteiger partial charge is 0.352 e. The van der Waals surface area contributed by atoms with Gasteiger partial charge in [0, 0.05) is 28.2 Å². The van der Waals surface area contributed by atoms with Crippen molar-refractivity contribution in [3.05, 3.63) is 68.7 Å². The number of nitrogens with one attached hydrogen (secondary N) is 1. The highest BCUT2D eigenvalue weighted by atomic mass is 35.5. The first-order chi connectivity index (χ1) is 15.3. The molecule has 1 unspecified atom stereocenters. The Morgan fingerprint density at radius 2 is 1.72 bits per heavy atom. The zero-order valence-electron chi connectivity index (χ0n) is 19.1. The molecule has 6 heteroatoms. The maximum absolute atomic E-state index is 13.5. The van der Waals surface area contributed by atoms with Gasteiger partial charge in [0.2, 0.25) is 11.8 Å². The van der Waals surface area contributed by atoms with E-state index in [1.54, 1.807) is 23.1 Å². The summed E-state index contributed by atoms with van der Waals surface area (Å²) in [7, 11) is 0. The Kier molecular flexibility index (Phi) is 8.61. The molecular weight excluding hydrogens is 443 g/mol. The van der Waals surface area contributed by atoms with Crippen LogP contribution in [0.5, 0.6) is 0 Å². The van der Waals surface area contributed by atoms with Crippen molar-refractivity contribution in [3.8, 4) is 0 Å². The molecule has 2 aromatic rings. The number of aryl methyl sites for hydroxylation is 2. The summed E-state index contributed by atoms with van der Waals surface area (Å²) in [6.07, 6.45) is 4.98. The van der Waals surface area contributed by atoms with Gasteiger partial charge in [0.15, 0.2) is 0 Å². The van der Waals surface area contributed by atoms with E-state index >= 15 is 0 Å². The smallest absolute Gasteiger partial charge is 0.243 e. The van der Waals surface area contributed by atoms with Crippen molar-refractivity contribution in [1.82, 2.24) is 10.2 Å². The van der Waals surface area contributed by atoms with Crippen molar-refractivity contribution >= 4 is 35.0 Å². The van der Waals surface area contributed by atoms with E-state index in [0.717, 1.165) is 36.8 Å². The van der Waals surface area contributed by atoms with Crippen LogP contribution in [0.4, 0.5) is 0 Å². The van der Waals surface area contributed by atoms with Gasteiger partial charge in [-0.2, -0.15) is 0 Å². The molecule has 0 aliphatic heterocycles. The van der Waals surface area contributed by atoms with E-state index in [9.17, 15) is 9.59 Å². The molecule has 0 aromatic heterocycles. The van der Waals surface area contributed by atoms with Crippen LogP contribution in [0.15, 0.2) is 36.4 Å². The fourth-order valence-electron chi connectivity index (χ4n) is 4.33. The van der Waals surface area contributed by atoms with Crippen molar-refractivity contribution in [3.63, 3.8) is 0 Å². The Labute approximate surface area is 201 Å². The van der Waals surface area contributed by atoms with Gasteiger partial charge in [-0.1, -0.05) is 67.2 Å². The quantitative estimate of drug-likeness (QED) is 0.508. The minimum atomic E-state index is -0.581. The number of rotatable bonds is 8. The van der Waals surface area contributed by atoms with Crippen LogP contribution in [0.1, 0.15) is 61.3 Å². The van der Waals surface area contributed by atoms with Crippen LogP contribution in [0, 0.1) is 13.8 Å². The average molecular weight is 475 g/mol. The molecule has 0 radical (unpaired) electrons. The van der Waals surface area contributed by atoms with Crippen LogP contribution in [0.2, 0.25) is 10.0 Å². The highest BCUT2D eigenvalue weighted by Crippen LogP contribution is 2.28. The highest BCUT2D eigenvalue weighted by Gasteiger charge is 2.31. The van der Waals surface area contributed by atoms with Crippen LogP contribution in [0.25, 0.3) is 0 Å². The van der Waals surface area contributed by atoms with Crippen molar-refractivity contribution in [2.24, 2.45) is 0 Å². The van der Waals surface area contributed by atoms with E-state index in [2.05, 4.69) is 5.32 Å². The maximum atomic E-state index is 13.5. The second-order valence-electron chi connectivity index (χ2n) is 8.73. The molecule has 1 aliphatic rings. The van der Waals surface area contributed by atoms with Crippen LogP contribution < -0.4 is 5.32 Å². The molecule has 1 fully saturated rings. The first kappa shape index (κ1) is 24.6. The maximum Gasteiger partial charge on any atom is 0.243 e. The summed E-state index contributed by atoms with van der Waals surface area (Å²) in [5.41, 5.74) is 3.92. The molecule has 0 saturated heterocycles. The first-order valence-electron chi connectivity index (χ1n) is 11.4. The predicted molar refractivity (Wildman–Crippen MR) is 131 cm³/mol. The lowest BCUT2D eigenvalue weighted by Gasteiger charge is -2.32. The highest BCUT2D eigenvalue weighted by molar-refractivity contribution is 6.36. The third-order valence-electron chi connectivity index (χ3n) is 6.40. The van der Waals surface area contributed by atoms with E-state index in [1.165, 1.54) is 5.56 Å². The van der Waals surface area contributed by atoms with Crippen LogP contribution in [-0.4, -0.2) is 28.8 Å². The topological polar surface area (TPSA) is 49.4 Å². The van der Waals surface area contributed by atoms with Crippen LogP contribution in [0.3, 0.4) is 0 Å². The number of nitrogens with zero attached hydrogens (tertiary/aromatic N) is 1. The lowest BCUT2D eigenvalue weighted by atomic mass is 10.0. The van der Waals surface area contributed by atoms with Gasteiger partial charge in [-0.25, -0.2) is 0 Å². The van der Waals surface area contributed by atoms with E-state index < -0.39 is 6.04 Å². The summed E-state index contributed by atoms with van der Waals surface area (Å²) in [6, 6.07) is 10.9. The molecule has 0 bridgehead atoms. The molecule has 0 spiro atoms. The molecule has 0 heterocycles. The van der Waals surface area contributed by atoms with Crippen molar-refractivity contribution < 1.29 is 9.59 Å². The molecule has 3 rings (SSSR count). The number of carbonyl (C=O) groups excluding carboxylic acids is 2. The standard InChI is InChI=1S/C26H32Cl2N2O2/c1-4-24(26(32)29-20-8-5-6-9-20)30(16-21-22(27)10-7-11-23(21)28)25(31)15-19-13-12-17(2)18(3)14-19/h7,10-14,20,24H,4-6,8-9,15-16H2,1-3H3,(H,29,32). The number of hydrogen-bond donors (Lipinski definition) is 1. The lowest BCUT2D eigenvalue weighted by molar-refractivity contribution is -0.141. The van der Waals surface area contributed by atoms with Crippen LogP contribution in [-0.2, 0) is 22.6 Å². The summed E-state index contributed by atoms with van der Waals surface area (Å²) < 4.78 is 0. The number of benzene rings is 2. The van der Waals surface area contributed by atoms with E-state index in [4.69, 9.17) is 23.2 Å². The lowest BCUT2D eigenvalue weighted by Crippen LogP contribution is -2.51. The summed E-state index contributed by atoms with van der Waals surface area (Å²) in [5, 5.41) is 4.15. The van der Waals surface area contributed by atoms with Gasteiger partial charge in [-0.15, -0.1) is 0 Å². The Bertz CT molecular complexity index is 950. The summed E-state index contributed by atoms with van der Waals surface area (Å²) in [6.45, 7) is 6.21. The second-order valence-corrected chi connectivity index (χ2v) is 9.55. The monoisotopic (exact) mass is 474 g/mol. The van der Waals surface area contributed by atoms with Gasteiger partial charge in [-0.05, 0) is 61.9 Å². The second kappa shape index (κ2) is 11.2. The third kappa shape index (κ3) is 6.05. The number of halogens is 2. The molecule has 2 aromatic carbocycles. The Morgan fingerprint density at radius 1 is 1.06 bits per heavy atom. The molecule has 2 amide bonds. The summed E-state index contributed by atoms with van der Waals surface area (Å²) >= 11 is 12.8. The van der Waals surface area contributed by atoms with Gasteiger partial charge in [0.25, 0.3) is 0 Å². The molecular formula is C26H32Cl2N2O2. The molecule has 1 aliphatic carbocycles. The molecule has 32 heavy (non-hydrogen) atoms. The zero-order chi connectivity index (χ0) is 23.3. The minimum absolute atomic E-state index is 0.101. The van der Waals surface area contributed by atoms with Crippen LogP contribution >= 0.6 is 23.2 Å². The Morgan fingerprint density at radius 3 is 2.31 bits per heavy atom. The summed E-state index contributed by atoms with van der Waals surface area (Å²) in [5.74, 6) is -0.214. The Hall–Kier alpha value is -2.04. The van der Waals surface area contributed by atoms with Crippen molar-refractivity contribution in [1.29, 1.82) is 0 Å². The minimum Gasteiger partial charge on any atom is -0.352 e. The predicted octanol–water partition coefficient (Wildman–Crippen LogP) is 6.02. The van der Waals surface area contributed by atoms with E-state index in [1.807, 2.05) is 39.0 Å². The third-order valence-corrected chi connectivity index (χ3v) is 7.11.